The molecule has 0 spiro atoms. The zero-order valence-electron chi connectivity index (χ0n) is 11.1. The fraction of sp³-hybridized carbons (Fsp3) is 0.133. The Labute approximate surface area is 125 Å². The van der Waals surface area contributed by atoms with Gasteiger partial charge in [0, 0.05) is 17.1 Å². The molecule has 0 heterocycles. The number of nitrogens with one attached hydrogen (secondary N) is 1. The van der Waals surface area contributed by atoms with Gasteiger partial charge in [-0.05, 0) is 30.3 Å². The van der Waals surface area contributed by atoms with E-state index in [9.17, 15) is 13.6 Å². The van der Waals surface area contributed by atoms with Gasteiger partial charge in [-0.1, -0.05) is 12.1 Å². The van der Waals surface area contributed by atoms with Crippen molar-refractivity contribution >= 4 is 29.0 Å². The van der Waals surface area contributed by atoms with Crippen molar-refractivity contribution in [2.45, 2.75) is 11.3 Å². The smallest absolute Gasteiger partial charge is 0.225 e. The first-order valence-electron chi connectivity index (χ1n) is 6.28. The quantitative estimate of drug-likeness (QED) is 0.654. The molecule has 0 atom stereocenters. The first kappa shape index (κ1) is 15.3. The van der Waals surface area contributed by atoms with E-state index in [1.54, 1.807) is 24.3 Å². The van der Waals surface area contributed by atoms with Crippen LogP contribution in [0.1, 0.15) is 6.42 Å². The number of anilines is 2. The Morgan fingerprint density at radius 1 is 1.14 bits per heavy atom. The van der Waals surface area contributed by atoms with Gasteiger partial charge in [-0.3, -0.25) is 4.79 Å². The van der Waals surface area contributed by atoms with E-state index >= 15 is 0 Å². The van der Waals surface area contributed by atoms with Gasteiger partial charge in [0.2, 0.25) is 5.91 Å². The van der Waals surface area contributed by atoms with Crippen molar-refractivity contribution in [3.05, 3.63) is 54.1 Å². The van der Waals surface area contributed by atoms with Crippen LogP contribution in [0, 0.1) is 11.6 Å². The van der Waals surface area contributed by atoms with E-state index < -0.39 is 11.6 Å². The summed E-state index contributed by atoms with van der Waals surface area (Å²) in [5.41, 5.74) is 6.79. The van der Waals surface area contributed by atoms with Crippen molar-refractivity contribution in [1.29, 1.82) is 0 Å². The summed E-state index contributed by atoms with van der Waals surface area (Å²) in [6, 6.07) is 10.7. The number of hydrogen-bond donors (Lipinski definition) is 2. The number of hydrogen-bond acceptors (Lipinski definition) is 3. The molecule has 0 unspecified atom stereocenters. The Bertz CT molecular complexity index is 649. The standard InChI is InChI=1S/C15H14F2N2OS/c16-11-6-5-10(9-12(11)17)21-8-7-15(20)19-14-4-2-1-3-13(14)18/h1-6,9H,7-8,18H2,(H,19,20). The van der Waals surface area contributed by atoms with Crippen LogP contribution in [-0.4, -0.2) is 11.7 Å². The van der Waals surface area contributed by atoms with Gasteiger partial charge in [0.1, 0.15) is 0 Å². The van der Waals surface area contributed by atoms with Crippen molar-refractivity contribution in [2.75, 3.05) is 16.8 Å². The maximum atomic E-state index is 13.0. The van der Waals surface area contributed by atoms with Gasteiger partial charge >= 0.3 is 0 Å². The summed E-state index contributed by atoms with van der Waals surface area (Å²) in [6.45, 7) is 0. The number of carbonyl (C=O) groups excluding carboxylic acids is 1. The molecule has 0 aliphatic carbocycles. The van der Waals surface area contributed by atoms with E-state index in [0.717, 1.165) is 12.1 Å². The number of nitrogens with two attached hydrogens (primary N) is 1. The van der Waals surface area contributed by atoms with E-state index in [4.69, 9.17) is 5.73 Å². The largest absolute Gasteiger partial charge is 0.397 e. The molecule has 2 aromatic rings. The molecule has 3 N–H and O–H groups in total. The molecule has 6 heteroatoms. The SMILES string of the molecule is Nc1ccccc1NC(=O)CCSc1ccc(F)c(F)c1. The molecule has 0 bridgehead atoms. The number of para-hydroxylation sites is 2. The first-order chi connectivity index (χ1) is 10.1. The molecule has 2 aromatic carbocycles. The lowest BCUT2D eigenvalue weighted by atomic mass is 10.2. The lowest BCUT2D eigenvalue weighted by Crippen LogP contribution is -2.13. The third kappa shape index (κ3) is 4.46. The van der Waals surface area contributed by atoms with Crippen molar-refractivity contribution in [3.8, 4) is 0 Å². The summed E-state index contributed by atoms with van der Waals surface area (Å²) in [4.78, 5) is 12.3. The fourth-order valence-electron chi connectivity index (χ4n) is 1.65. The summed E-state index contributed by atoms with van der Waals surface area (Å²) < 4.78 is 25.8. The third-order valence-corrected chi connectivity index (χ3v) is 3.72. The molecule has 110 valence electrons. The molecular formula is C15H14F2N2OS. The Balaban J connectivity index is 1.82. The van der Waals surface area contributed by atoms with Gasteiger partial charge in [0.25, 0.3) is 0 Å². The highest BCUT2D eigenvalue weighted by Gasteiger charge is 2.06. The third-order valence-electron chi connectivity index (χ3n) is 2.72. The molecule has 0 fully saturated rings. The van der Waals surface area contributed by atoms with Crippen LogP contribution < -0.4 is 11.1 Å². The summed E-state index contributed by atoms with van der Waals surface area (Å²) in [6.07, 6.45) is 0.248. The Morgan fingerprint density at radius 3 is 2.62 bits per heavy atom. The molecule has 0 aliphatic rings. The Kier molecular flexibility index (Phi) is 5.16. The Hall–Kier alpha value is -2.08. The van der Waals surface area contributed by atoms with Crippen LogP contribution in [0.3, 0.4) is 0 Å². The first-order valence-corrected chi connectivity index (χ1v) is 7.27. The van der Waals surface area contributed by atoms with Gasteiger partial charge in [-0.15, -0.1) is 11.8 Å². The highest BCUT2D eigenvalue weighted by molar-refractivity contribution is 7.99. The summed E-state index contributed by atoms with van der Waals surface area (Å²) in [5.74, 6) is -1.48. The second kappa shape index (κ2) is 7.08. The number of rotatable bonds is 5. The second-order valence-corrected chi connectivity index (χ2v) is 5.48. The zero-order valence-corrected chi connectivity index (χ0v) is 11.9. The maximum Gasteiger partial charge on any atom is 0.225 e. The average Bonchev–Trinajstić information content (AvgIpc) is 2.45. The van der Waals surface area contributed by atoms with Crippen molar-refractivity contribution in [3.63, 3.8) is 0 Å². The van der Waals surface area contributed by atoms with Crippen LogP contribution in [0.2, 0.25) is 0 Å². The zero-order chi connectivity index (χ0) is 15.2. The van der Waals surface area contributed by atoms with Crippen LogP contribution >= 0.6 is 11.8 Å². The van der Waals surface area contributed by atoms with Crippen LogP contribution in [0.5, 0.6) is 0 Å². The van der Waals surface area contributed by atoms with Gasteiger partial charge in [-0.2, -0.15) is 0 Å². The van der Waals surface area contributed by atoms with Crippen molar-refractivity contribution < 1.29 is 13.6 Å². The number of halogens is 2. The van der Waals surface area contributed by atoms with Crippen molar-refractivity contribution in [1.82, 2.24) is 0 Å². The molecule has 0 radical (unpaired) electrons. The fourth-order valence-corrected chi connectivity index (χ4v) is 2.53. The van der Waals surface area contributed by atoms with Crippen LogP contribution in [0.25, 0.3) is 0 Å². The van der Waals surface area contributed by atoms with Gasteiger partial charge < -0.3 is 11.1 Å². The highest BCUT2D eigenvalue weighted by atomic mass is 32.2. The molecule has 1 amide bonds. The molecule has 0 aromatic heterocycles. The molecule has 2 rings (SSSR count). The van der Waals surface area contributed by atoms with Crippen LogP contribution in [0.15, 0.2) is 47.4 Å². The number of thioether (sulfide) groups is 1. The molecule has 21 heavy (non-hydrogen) atoms. The Morgan fingerprint density at radius 2 is 1.90 bits per heavy atom. The van der Waals surface area contributed by atoms with Gasteiger partial charge in [-0.25, -0.2) is 8.78 Å². The minimum Gasteiger partial charge on any atom is -0.397 e. The molecule has 0 saturated carbocycles. The molecule has 0 saturated heterocycles. The van der Waals surface area contributed by atoms with E-state index in [2.05, 4.69) is 5.32 Å². The normalized spacial score (nSPS) is 10.4. The lowest BCUT2D eigenvalue weighted by Gasteiger charge is -2.07. The van der Waals surface area contributed by atoms with E-state index in [0.29, 0.717) is 22.0 Å². The monoisotopic (exact) mass is 308 g/mol. The number of benzene rings is 2. The van der Waals surface area contributed by atoms with Gasteiger partial charge in [0.05, 0.1) is 11.4 Å². The number of carbonyl (C=O) groups is 1. The predicted molar refractivity (Wildman–Crippen MR) is 81.2 cm³/mol. The van der Waals surface area contributed by atoms with E-state index in [1.807, 2.05) is 0 Å². The van der Waals surface area contributed by atoms with Gasteiger partial charge in [0.15, 0.2) is 11.6 Å². The molecular weight excluding hydrogens is 294 g/mol. The molecule has 3 nitrogen and oxygen atoms in total. The maximum absolute atomic E-state index is 13.0. The minimum absolute atomic E-state index is 0.178. The summed E-state index contributed by atoms with van der Waals surface area (Å²) >= 11 is 1.29. The van der Waals surface area contributed by atoms with Crippen molar-refractivity contribution in [2.24, 2.45) is 0 Å². The minimum atomic E-state index is -0.887. The lowest BCUT2D eigenvalue weighted by molar-refractivity contribution is -0.115. The predicted octanol–water partition coefficient (Wildman–Crippen LogP) is 3.67. The second-order valence-electron chi connectivity index (χ2n) is 4.31. The average molecular weight is 308 g/mol. The van der Waals surface area contributed by atoms with E-state index in [-0.39, 0.29) is 12.3 Å². The number of nitrogen functional groups attached to an aromatic ring is 1. The van der Waals surface area contributed by atoms with E-state index in [1.165, 1.54) is 17.8 Å². The molecule has 0 aliphatic heterocycles. The topological polar surface area (TPSA) is 55.1 Å². The van der Waals surface area contributed by atoms with Crippen LogP contribution in [0.4, 0.5) is 20.2 Å². The summed E-state index contributed by atoms with van der Waals surface area (Å²) in [5, 5.41) is 2.71. The number of amides is 1. The van der Waals surface area contributed by atoms with Crippen LogP contribution in [-0.2, 0) is 4.79 Å². The summed E-state index contributed by atoms with van der Waals surface area (Å²) in [7, 11) is 0. The highest BCUT2D eigenvalue weighted by Crippen LogP contribution is 2.22.